The monoisotopic (exact) mass is 1360 g/mol. The van der Waals surface area contributed by atoms with Crippen LogP contribution in [0, 0.1) is 87.8 Å². The van der Waals surface area contributed by atoms with Gasteiger partial charge < -0.3 is 19.1 Å². The van der Waals surface area contributed by atoms with Crippen molar-refractivity contribution in [2.24, 2.45) is 0 Å². The fraction of sp³-hybridized carbons (Fsp3) is 0.368. The second kappa shape index (κ2) is 30.1. The molecule has 0 atom stereocenters. The van der Waals surface area contributed by atoms with Gasteiger partial charge in [0, 0.05) is 0 Å². The van der Waals surface area contributed by atoms with Crippen LogP contribution in [0.2, 0.25) is 0 Å². The van der Waals surface area contributed by atoms with Crippen LogP contribution in [-0.4, -0.2) is 55.2 Å². The second-order valence-electron chi connectivity index (χ2n) is 13.6. The SMILES string of the molecule is BrB(Br)Br.Cc1cc(C)c(F)cc1C.Cc1cc(C)c(O)cc1C.Cc1cc(C)c(OS(=O)(=O)C(F)(F)F)cc1C.Cc1cc(F)c(C)cc1O.O=S(=O)(OS(=O)(=O)C(F)(F)F)C(F)(F)F.[Cs+].[F-]. The summed E-state index contributed by atoms with van der Waals surface area (Å²) in [4.78, 5) is 0. The number of phenols is 2. The van der Waals surface area contributed by atoms with E-state index in [4.69, 9.17) is 5.11 Å². The molecule has 0 aromatic heterocycles. The summed E-state index contributed by atoms with van der Waals surface area (Å²) in [6, 6.07) is 12.8. The van der Waals surface area contributed by atoms with Gasteiger partial charge in [-0.2, -0.15) is 64.8 Å². The molecule has 0 heterocycles. The topological polar surface area (TPSA) is 161 Å². The Balaban J connectivity index is -0.000000372. The molecule has 0 saturated heterocycles. The van der Waals surface area contributed by atoms with Crippen molar-refractivity contribution in [2.45, 2.75) is 92.7 Å². The predicted octanol–water partition coefficient (Wildman–Crippen LogP) is 6.92. The largest absolute Gasteiger partial charge is 1.00 e. The number of alkyl halides is 9. The summed E-state index contributed by atoms with van der Waals surface area (Å²) in [7, 11) is -19.3. The number of phenolic OH excluding ortho intramolecular Hbond substituents is 2. The maximum absolute atomic E-state index is 12.8. The van der Waals surface area contributed by atoms with Gasteiger partial charge in [0.25, 0.3) is 0 Å². The minimum atomic E-state index is -6.85. The third kappa shape index (κ3) is 26.0. The smallest absolute Gasteiger partial charge is 1.00 e. The molecule has 4 aromatic rings. The van der Waals surface area contributed by atoms with Gasteiger partial charge in [-0.1, -0.05) is 18.2 Å². The fourth-order valence-electron chi connectivity index (χ4n) is 4.02. The molecule has 10 nitrogen and oxygen atoms in total. The minimum absolute atomic E-state index is 0. The first-order chi connectivity index (χ1) is 29.3. The van der Waals surface area contributed by atoms with Crippen LogP contribution in [0.5, 0.6) is 17.2 Å². The molecule has 0 fully saturated rings. The van der Waals surface area contributed by atoms with Crippen molar-refractivity contribution in [3.05, 3.63) is 121 Å². The molecule has 0 unspecified atom stereocenters. The maximum atomic E-state index is 12.8. The summed E-state index contributed by atoms with van der Waals surface area (Å²) >= 11 is 9.31. The van der Waals surface area contributed by atoms with Gasteiger partial charge in [-0.25, -0.2) is 8.78 Å². The zero-order valence-electron chi connectivity index (χ0n) is 37.8. The molecule has 30 heteroatoms. The van der Waals surface area contributed by atoms with Gasteiger partial charge in [0.05, 0.1) is 0 Å². The van der Waals surface area contributed by atoms with E-state index in [1.54, 1.807) is 52.8 Å². The molecule has 0 amide bonds. The Morgan fingerprint density at radius 3 is 0.971 bits per heavy atom. The molecule has 0 aliphatic rings. The molecule has 0 radical (unpaired) electrons. The third-order valence-corrected chi connectivity index (χ3v) is 11.6. The zero-order chi connectivity index (χ0) is 52.9. The number of hydrogen-bond donors (Lipinski definition) is 2. The van der Waals surface area contributed by atoms with Gasteiger partial charge in [-0.15, -0.1) is 50.9 Å². The number of hydrogen-bond acceptors (Lipinski definition) is 10. The van der Waals surface area contributed by atoms with Crippen LogP contribution in [0.15, 0.2) is 48.5 Å². The fourth-order valence-corrected chi connectivity index (χ4v) is 6.09. The predicted molar refractivity (Wildman–Crippen MR) is 240 cm³/mol. The number of rotatable bonds is 4. The van der Waals surface area contributed by atoms with Crippen molar-refractivity contribution in [1.29, 1.82) is 0 Å². The molecule has 4 aromatic carbocycles. The van der Waals surface area contributed by atoms with Crippen molar-refractivity contribution in [1.82, 2.24) is 0 Å². The molecular formula is C38H43BBr3CsF12O10S3. The summed E-state index contributed by atoms with van der Waals surface area (Å²) in [5.41, 5.74) is -8.84. The first-order valence-corrected chi connectivity index (χ1v) is 24.6. The standard InChI is InChI=1S/C10H11F3O3S.C9H11F.C9H12O.C8H9FO.C2F6O5S2.BBr3.Cs.FH/c1-6-4-8(3)9(5-7(6)2)16-17(14,15)10(11,12)13;2*1-6-4-8(3)9(10)5-7(6)2;1-5-4-8(10)6(2)3-7(5)9;3-1(4,5)14(9,10)13-15(11,12)2(6,7)8;2-1(3)4;;/h4-5H,1-3H3;4-5H,1-3H3;4-5,10H,1-3H3;3-4,10H,1-2H3;;;;1H/q;;;;;;+1;/p-1. The average molecular weight is 1370 g/mol. The van der Waals surface area contributed by atoms with E-state index in [0.717, 1.165) is 33.4 Å². The quantitative estimate of drug-likeness (QED) is 0.0951. The third-order valence-electron chi connectivity index (χ3n) is 8.08. The Hall–Kier alpha value is -1.19. The van der Waals surface area contributed by atoms with Crippen molar-refractivity contribution in [2.75, 3.05) is 0 Å². The van der Waals surface area contributed by atoms with E-state index in [2.05, 4.69) is 51.5 Å². The van der Waals surface area contributed by atoms with E-state index in [9.17, 15) is 78.7 Å². The van der Waals surface area contributed by atoms with Gasteiger partial charge in [0.15, 0.2) is 0 Å². The van der Waals surface area contributed by atoms with E-state index >= 15 is 0 Å². The van der Waals surface area contributed by atoms with Crippen LogP contribution in [0.25, 0.3) is 0 Å². The summed E-state index contributed by atoms with van der Waals surface area (Å²) in [6.07, 6.45) is 0. The minimum Gasteiger partial charge on any atom is -1.00 e. The molecule has 4 rings (SSSR count). The van der Waals surface area contributed by atoms with Gasteiger partial charge >= 0.3 is 119 Å². The summed E-state index contributed by atoms with van der Waals surface area (Å²) in [5, 5.41) is 18.3. The summed E-state index contributed by atoms with van der Waals surface area (Å²) in [6.45, 7) is 19.8. The van der Waals surface area contributed by atoms with Crippen molar-refractivity contribution in [3.8, 4) is 17.2 Å². The Morgan fingerprint density at radius 2 is 0.662 bits per heavy atom. The molecule has 0 bridgehead atoms. The Bertz CT molecular complexity index is 2290. The number of benzene rings is 4. The molecular weight excluding hydrogens is 1320 g/mol. The van der Waals surface area contributed by atoms with Gasteiger partial charge in [-0.05, 0) is 168 Å². The van der Waals surface area contributed by atoms with E-state index in [1.165, 1.54) is 30.7 Å². The number of aromatic hydroxyl groups is 2. The summed E-state index contributed by atoms with van der Waals surface area (Å²) < 4.78 is 198. The van der Waals surface area contributed by atoms with E-state index in [1.807, 2.05) is 50.4 Å². The van der Waals surface area contributed by atoms with Crippen LogP contribution in [0.4, 0.5) is 48.3 Å². The molecule has 0 aliphatic carbocycles. The number of aryl methyl sites for hydroxylation is 11. The molecule has 2 N–H and O–H groups in total. The summed E-state index contributed by atoms with van der Waals surface area (Å²) in [5.74, 6) is -0.133. The first-order valence-electron chi connectivity index (χ1n) is 17.6. The van der Waals surface area contributed by atoms with E-state index < -0.39 is 46.9 Å². The Labute approximate surface area is 471 Å². The first kappa shape index (κ1) is 73.3. The number of halogens is 15. The van der Waals surface area contributed by atoms with Crippen molar-refractivity contribution in [3.63, 3.8) is 0 Å². The Kier molecular flexibility index (Phi) is 32.5. The van der Waals surface area contributed by atoms with Crippen molar-refractivity contribution >= 4 is 80.8 Å². The van der Waals surface area contributed by atoms with Gasteiger partial charge in [0.2, 0.25) is 0 Å². The molecule has 0 saturated carbocycles. The second-order valence-corrected chi connectivity index (χ2v) is 24.9. The average Bonchev–Trinajstić information content (AvgIpc) is 3.10. The van der Waals surface area contributed by atoms with Gasteiger partial charge in [0.1, 0.15) is 28.9 Å². The maximum Gasteiger partial charge on any atom is 1.00 e. The van der Waals surface area contributed by atoms with E-state index in [-0.39, 0.29) is 99.9 Å². The van der Waals surface area contributed by atoms with Crippen LogP contribution < -0.4 is 77.8 Å². The molecule has 0 spiro atoms. The van der Waals surface area contributed by atoms with E-state index in [0.29, 0.717) is 28.0 Å². The van der Waals surface area contributed by atoms with Gasteiger partial charge in [-0.3, -0.25) is 0 Å². The van der Waals surface area contributed by atoms with Crippen LogP contribution in [0.3, 0.4) is 0 Å². The van der Waals surface area contributed by atoms with Crippen LogP contribution in [0.1, 0.15) is 61.2 Å². The van der Waals surface area contributed by atoms with Crippen LogP contribution >= 0.6 is 47.3 Å². The molecule has 382 valence electrons. The molecule has 0 aliphatic heterocycles. The van der Waals surface area contributed by atoms with Crippen LogP contribution in [-0.2, 0) is 34.0 Å². The Morgan fingerprint density at radius 1 is 0.426 bits per heavy atom. The van der Waals surface area contributed by atoms with Crippen molar-refractivity contribution < 1.29 is 165 Å². The molecule has 68 heavy (non-hydrogen) atoms. The zero-order valence-corrected chi connectivity index (χ0v) is 51.2. The normalized spacial score (nSPS) is 11.3.